The third kappa shape index (κ3) is 4.37. The molecule has 0 bridgehead atoms. The molecule has 0 aromatic heterocycles. The molecule has 0 amide bonds. The fourth-order valence-electron chi connectivity index (χ4n) is 1.02. The van der Waals surface area contributed by atoms with Gasteiger partial charge in [0.1, 0.15) is 5.75 Å². The van der Waals surface area contributed by atoms with Crippen LogP contribution in [0.2, 0.25) is 5.02 Å². The van der Waals surface area contributed by atoms with Gasteiger partial charge in [-0.15, -0.1) is 13.2 Å². The zero-order valence-electron chi connectivity index (χ0n) is 7.96. The van der Waals surface area contributed by atoms with Gasteiger partial charge in [-0.2, -0.15) is 12.6 Å². The molecular weight excluding hydrogens is 261 g/mol. The number of alkyl halides is 3. The summed E-state index contributed by atoms with van der Waals surface area (Å²) in [7, 11) is 0. The molecule has 6 heteroatoms. The molecule has 1 aromatic rings. The van der Waals surface area contributed by atoms with Crippen LogP contribution in [0, 0.1) is 0 Å². The smallest absolute Gasteiger partial charge is 0.404 e. The van der Waals surface area contributed by atoms with Gasteiger partial charge >= 0.3 is 6.36 Å². The molecule has 0 spiro atoms. The lowest BCUT2D eigenvalue weighted by Crippen LogP contribution is -2.17. The fourth-order valence-corrected chi connectivity index (χ4v) is 1.35. The van der Waals surface area contributed by atoms with Crippen LogP contribution in [-0.2, 0) is 0 Å². The summed E-state index contributed by atoms with van der Waals surface area (Å²) in [4.78, 5) is 0. The van der Waals surface area contributed by atoms with Gasteiger partial charge in [0.15, 0.2) is 0 Å². The molecule has 1 nitrogen and oxygen atoms in total. The van der Waals surface area contributed by atoms with E-state index in [1.165, 1.54) is 18.2 Å². The van der Waals surface area contributed by atoms with Gasteiger partial charge in [0, 0.05) is 5.75 Å². The van der Waals surface area contributed by atoms with Crippen molar-refractivity contribution in [2.75, 3.05) is 5.75 Å². The van der Waals surface area contributed by atoms with Crippen LogP contribution < -0.4 is 4.74 Å². The molecule has 0 aliphatic heterocycles. The van der Waals surface area contributed by atoms with Crippen LogP contribution in [0.5, 0.6) is 5.75 Å². The number of ether oxygens (including phenoxy) is 1. The summed E-state index contributed by atoms with van der Waals surface area (Å²) in [6, 6.07) is 4.05. The molecule has 0 atom stereocenters. The number of halogens is 4. The van der Waals surface area contributed by atoms with Gasteiger partial charge < -0.3 is 4.74 Å². The second-order valence-corrected chi connectivity index (χ2v) is 3.59. The number of thiol groups is 1. The molecule has 0 N–H and O–H groups in total. The van der Waals surface area contributed by atoms with E-state index in [-0.39, 0.29) is 5.02 Å². The Bertz CT molecular complexity index is 390. The Morgan fingerprint density at radius 3 is 2.56 bits per heavy atom. The predicted molar refractivity (Wildman–Crippen MR) is 61.0 cm³/mol. The van der Waals surface area contributed by atoms with E-state index in [0.29, 0.717) is 11.3 Å². The van der Waals surface area contributed by atoms with Gasteiger partial charge in [0.2, 0.25) is 0 Å². The van der Waals surface area contributed by atoms with E-state index in [4.69, 9.17) is 11.6 Å². The summed E-state index contributed by atoms with van der Waals surface area (Å²) < 4.78 is 39.5. The zero-order valence-corrected chi connectivity index (χ0v) is 9.61. The SMILES string of the molecule is FC(F)(F)Oc1ccc(C=CCS)cc1Cl. The van der Waals surface area contributed by atoms with Crippen LogP contribution in [-0.4, -0.2) is 12.1 Å². The molecule has 1 aromatic carbocycles. The molecule has 0 radical (unpaired) electrons. The molecule has 0 saturated heterocycles. The minimum Gasteiger partial charge on any atom is -0.404 e. The highest BCUT2D eigenvalue weighted by atomic mass is 35.5. The highest BCUT2D eigenvalue weighted by Gasteiger charge is 2.31. The predicted octanol–water partition coefficient (Wildman–Crippen LogP) is 4.18. The normalized spacial score (nSPS) is 12.1. The molecule has 0 unspecified atom stereocenters. The van der Waals surface area contributed by atoms with E-state index in [0.717, 1.165) is 0 Å². The first-order valence-electron chi connectivity index (χ1n) is 4.25. The zero-order chi connectivity index (χ0) is 12.2. The van der Waals surface area contributed by atoms with E-state index in [9.17, 15) is 13.2 Å². The van der Waals surface area contributed by atoms with Crippen molar-refractivity contribution in [3.63, 3.8) is 0 Å². The highest BCUT2D eigenvalue weighted by molar-refractivity contribution is 7.80. The fraction of sp³-hybridized carbons (Fsp3) is 0.200. The molecule has 1 rings (SSSR count). The average Bonchev–Trinajstić information content (AvgIpc) is 2.17. The van der Waals surface area contributed by atoms with Crippen molar-refractivity contribution in [2.24, 2.45) is 0 Å². The largest absolute Gasteiger partial charge is 0.573 e. The lowest BCUT2D eigenvalue weighted by atomic mass is 10.2. The van der Waals surface area contributed by atoms with Gasteiger partial charge in [-0.25, -0.2) is 0 Å². The Hall–Kier alpha value is -0.810. The summed E-state index contributed by atoms with van der Waals surface area (Å²) in [5.74, 6) is 0.135. The Morgan fingerprint density at radius 1 is 1.38 bits per heavy atom. The second kappa shape index (κ2) is 5.50. The number of hydrogen-bond donors (Lipinski definition) is 1. The van der Waals surface area contributed by atoms with Gasteiger partial charge in [-0.05, 0) is 17.7 Å². The van der Waals surface area contributed by atoms with Crippen LogP contribution >= 0.6 is 24.2 Å². The quantitative estimate of drug-likeness (QED) is 0.809. The Kier molecular flexibility index (Phi) is 4.56. The molecule has 16 heavy (non-hydrogen) atoms. The number of rotatable bonds is 3. The lowest BCUT2D eigenvalue weighted by Gasteiger charge is -2.10. The molecule has 0 heterocycles. The second-order valence-electron chi connectivity index (χ2n) is 2.82. The first kappa shape index (κ1) is 13.3. The van der Waals surface area contributed by atoms with Crippen molar-refractivity contribution in [3.05, 3.63) is 34.9 Å². The maximum absolute atomic E-state index is 11.9. The van der Waals surface area contributed by atoms with Crippen molar-refractivity contribution in [1.82, 2.24) is 0 Å². The van der Waals surface area contributed by atoms with E-state index in [1.54, 1.807) is 12.2 Å². The highest BCUT2D eigenvalue weighted by Crippen LogP contribution is 2.30. The summed E-state index contributed by atoms with van der Waals surface area (Å²) in [6.07, 6.45) is -1.28. The summed E-state index contributed by atoms with van der Waals surface area (Å²) >= 11 is 9.60. The topological polar surface area (TPSA) is 9.23 Å². The Morgan fingerprint density at radius 2 is 2.06 bits per heavy atom. The number of hydrogen-bond acceptors (Lipinski definition) is 2. The summed E-state index contributed by atoms with van der Waals surface area (Å²) in [6.45, 7) is 0. The minimum absolute atomic E-state index is 0.0846. The Balaban J connectivity index is 2.87. The van der Waals surface area contributed by atoms with Crippen molar-refractivity contribution < 1.29 is 17.9 Å². The van der Waals surface area contributed by atoms with Gasteiger partial charge in [0.05, 0.1) is 5.02 Å². The Labute approximate surface area is 101 Å². The lowest BCUT2D eigenvalue weighted by molar-refractivity contribution is -0.274. The molecule has 0 aliphatic rings. The standard InChI is InChI=1S/C10H8ClF3OS/c11-8-6-7(2-1-5-16)3-4-9(8)15-10(12,13)14/h1-4,6,16H,5H2. The third-order valence-electron chi connectivity index (χ3n) is 1.60. The third-order valence-corrected chi connectivity index (χ3v) is 2.10. The average molecular weight is 269 g/mol. The van der Waals surface area contributed by atoms with Crippen molar-refractivity contribution in [3.8, 4) is 5.75 Å². The number of benzene rings is 1. The van der Waals surface area contributed by atoms with Crippen LogP contribution in [0.3, 0.4) is 0 Å². The maximum atomic E-state index is 11.9. The van der Waals surface area contributed by atoms with Crippen molar-refractivity contribution in [1.29, 1.82) is 0 Å². The van der Waals surface area contributed by atoms with Crippen LogP contribution in [0.4, 0.5) is 13.2 Å². The van der Waals surface area contributed by atoms with E-state index >= 15 is 0 Å². The summed E-state index contributed by atoms with van der Waals surface area (Å²) in [5, 5.41) is -0.0846. The van der Waals surface area contributed by atoms with Gasteiger partial charge in [0.25, 0.3) is 0 Å². The monoisotopic (exact) mass is 268 g/mol. The molecular formula is C10H8ClF3OS. The van der Waals surface area contributed by atoms with Crippen molar-refractivity contribution >= 4 is 30.3 Å². The molecule has 0 saturated carbocycles. The van der Waals surface area contributed by atoms with E-state index in [1.807, 2.05) is 0 Å². The molecule has 88 valence electrons. The van der Waals surface area contributed by atoms with E-state index < -0.39 is 12.1 Å². The summed E-state index contributed by atoms with van der Waals surface area (Å²) in [5.41, 5.74) is 0.688. The van der Waals surface area contributed by atoms with Crippen LogP contribution in [0.15, 0.2) is 24.3 Å². The molecule has 0 fully saturated rings. The first-order valence-corrected chi connectivity index (χ1v) is 5.26. The van der Waals surface area contributed by atoms with E-state index in [2.05, 4.69) is 17.4 Å². The molecule has 0 aliphatic carbocycles. The maximum Gasteiger partial charge on any atom is 0.573 e. The van der Waals surface area contributed by atoms with Gasteiger partial charge in [-0.1, -0.05) is 29.8 Å². The van der Waals surface area contributed by atoms with Gasteiger partial charge in [-0.3, -0.25) is 0 Å². The van der Waals surface area contributed by atoms with Crippen LogP contribution in [0.25, 0.3) is 6.08 Å². The van der Waals surface area contributed by atoms with Crippen LogP contribution in [0.1, 0.15) is 5.56 Å². The first-order chi connectivity index (χ1) is 7.42. The minimum atomic E-state index is -4.73. The van der Waals surface area contributed by atoms with Crippen molar-refractivity contribution in [2.45, 2.75) is 6.36 Å².